The van der Waals surface area contributed by atoms with Crippen LogP contribution in [0.1, 0.15) is 18.9 Å². The summed E-state index contributed by atoms with van der Waals surface area (Å²) in [6, 6.07) is 5.38. The van der Waals surface area contributed by atoms with Crippen LogP contribution in [0.15, 0.2) is 18.2 Å². The van der Waals surface area contributed by atoms with Crippen LogP contribution in [-0.2, 0) is 11.2 Å². The molecule has 0 saturated carbocycles. The Morgan fingerprint density at radius 2 is 2.18 bits per heavy atom. The summed E-state index contributed by atoms with van der Waals surface area (Å²) in [7, 11) is 1.60. The number of ether oxygens (including phenoxy) is 2. The molecule has 0 radical (unpaired) electrons. The standard InChI is InChI=1S/C13H19ClO3/c1-3-6-17-9-12(15)8-10-7-11(14)4-5-13(10)16-2/h4-5,7,12,15H,3,6,8-9H2,1-2H3. The minimum atomic E-state index is -0.533. The molecule has 17 heavy (non-hydrogen) atoms. The first kappa shape index (κ1) is 14.3. The average molecular weight is 259 g/mol. The van der Waals surface area contributed by atoms with Crippen molar-refractivity contribution in [2.24, 2.45) is 0 Å². The van der Waals surface area contributed by atoms with Gasteiger partial charge in [0.25, 0.3) is 0 Å². The maximum atomic E-state index is 9.82. The molecule has 0 spiro atoms. The summed E-state index contributed by atoms with van der Waals surface area (Å²) in [4.78, 5) is 0. The predicted octanol–water partition coefficient (Wildman–Crippen LogP) is 2.68. The summed E-state index contributed by atoms with van der Waals surface area (Å²) in [6.45, 7) is 3.04. The van der Waals surface area contributed by atoms with Crippen LogP contribution in [0.4, 0.5) is 0 Å². The first-order chi connectivity index (χ1) is 8.17. The number of aliphatic hydroxyl groups excluding tert-OH is 1. The van der Waals surface area contributed by atoms with Crippen molar-refractivity contribution in [2.45, 2.75) is 25.9 Å². The van der Waals surface area contributed by atoms with Gasteiger partial charge < -0.3 is 14.6 Å². The summed E-state index contributed by atoms with van der Waals surface area (Å²) in [5, 5.41) is 10.5. The van der Waals surface area contributed by atoms with E-state index in [1.165, 1.54) is 0 Å². The van der Waals surface area contributed by atoms with Crippen molar-refractivity contribution in [1.82, 2.24) is 0 Å². The highest BCUT2D eigenvalue weighted by Gasteiger charge is 2.10. The van der Waals surface area contributed by atoms with E-state index >= 15 is 0 Å². The van der Waals surface area contributed by atoms with E-state index < -0.39 is 6.10 Å². The number of aliphatic hydroxyl groups is 1. The van der Waals surface area contributed by atoms with Crippen molar-refractivity contribution in [3.63, 3.8) is 0 Å². The van der Waals surface area contributed by atoms with Gasteiger partial charge in [0.15, 0.2) is 0 Å². The van der Waals surface area contributed by atoms with Gasteiger partial charge in [-0.05, 0) is 30.2 Å². The normalized spacial score (nSPS) is 12.5. The molecule has 3 nitrogen and oxygen atoms in total. The Balaban J connectivity index is 2.57. The smallest absolute Gasteiger partial charge is 0.122 e. The molecule has 1 rings (SSSR count). The van der Waals surface area contributed by atoms with Crippen LogP contribution in [-0.4, -0.2) is 31.5 Å². The minimum absolute atomic E-state index is 0.337. The zero-order valence-electron chi connectivity index (χ0n) is 10.3. The van der Waals surface area contributed by atoms with E-state index in [4.69, 9.17) is 21.1 Å². The maximum absolute atomic E-state index is 9.82. The lowest BCUT2D eigenvalue weighted by Crippen LogP contribution is -2.18. The second-order valence-electron chi connectivity index (χ2n) is 3.89. The second-order valence-corrected chi connectivity index (χ2v) is 4.33. The fourth-order valence-corrected chi connectivity index (χ4v) is 1.78. The monoisotopic (exact) mass is 258 g/mol. The summed E-state index contributed by atoms with van der Waals surface area (Å²) < 4.78 is 10.5. The SMILES string of the molecule is CCCOCC(O)Cc1cc(Cl)ccc1OC. The van der Waals surface area contributed by atoms with Crippen LogP contribution in [0.25, 0.3) is 0 Å². The van der Waals surface area contributed by atoms with Gasteiger partial charge in [0.05, 0.1) is 19.8 Å². The van der Waals surface area contributed by atoms with Gasteiger partial charge >= 0.3 is 0 Å². The van der Waals surface area contributed by atoms with Crippen LogP contribution in [0.2, 0.25) is 5.02 Å². The van der Waals surface area contributed by atoms with E-state index in [1.807, 2.05) is 13.0 Å². The van der Waals surface area contributed by atoms with Gasteiger partial charge in [0.1, 0.15) is 5.75 Å². The quantitative estimate of drug-likeness (QED) is 0.765. The van der Waals surface area contributed by atoms with Crippen molar-refractivity contribution >= 4 is 11.6 Å². The van der Waals surface area contributed by atoms with Gasteiger partial charge in [-0.3, -0.25) is 0 Å². The maximum Gasteiger partial charge on any atom is 0.122 e. The Morgan fingerprint density at radius 3 is 2.82 bits per heavy atom. The second kappa shape index (κ2) is 7.54. The third-order valence-corrected chi connectivity index (χ3v) is 2.59. The third kappa shape index (κ3) is 4.94. The Labute approximate surface area is 107 Å². The number of hydrogen-bond donors (Lipinski definition) is 1. The summed E-state index contributed by atoms with van der Waals surface area (Å²) >= 11 is 5.92. The summed E-state index contributed by atoms with van der Waals surface area (Å²) in [6.07, 6.45) is 0.898. The molecule has 96 valence electrons. The highest BCUT2D eigenvalue weighted by Crippen LogP contribution is 2.23. The lowest BCUT2D eigenvalue weighted by Gasteiger charge is -2.13. The van der Waals surface area contributed by atoms with Gasteiger partial charge in [-0.25, -0.2) is 0 Å². The topological polar surface area (TPSA) is 38.7 Å². The van der Waals surface area contributed by atoms with E-state index in [0.29, 0.717) is 24.7 Å². The van der Waals surface area contributed by atoms with Crippen LogP contribution < -0.4 is 4.74 Å². The molecule has 1 aromatic rings. The minimum Gasteiger partial charge on any atom is -0.496 e. The van der Waals surface area contributed by atoms with E-state index in [0.717, 1.165) is 17.7 Å². The molecule has 4 heteroatoms. The third-order valence-electron chi connectivity index (χ3n) is 2.36. The molecule has 0 aliphatic rings. The molecule has 0 aliphatic heterocycles. The lowest BCUT2D eigenvalue weighted by atomic mass is 10.1. The van der Waals surface area contributed by atoms with E-state index in [1.54, 1.807) is 19.2 Å². The van der Waals surface area contributed by atoms with Crippen molar-refractivity contribution in [3.05, 3.63) is 28.8 Å². The summed E-state index contributed by atoms with van der Waals surface area (Å²) in [5.74, 6) is 0.740. The van der Waals surface area contributed by atoms with Gasteiger partial charge in [-0.15, -0.1) is 0 Å². The summed E-state index contributed by atoms with van der Waals surface area (Å²) in [5.41, 5.74) is 0.896. The molecular weight excluding hydrogens is 240 g/mol. The van der Waals surface area contributed by atoms with Crippen LogP contribution in [0.3, 0.4) is 0 Å². The molecule has 0 saturated heterocycles. The first-order valence-electron chi connectivity index (χ1n) is 5.75. The molecule has 1 atom stereocenters. The molecule has 0 aromatic heterocycles. The number of methoxy groups -OCH3 is 1. The molecule has 0 aliphatic carbocycles. The fraction of sp³-hybridized carbons (Fsp3) is 0.538. The number of rotatable bonds is 7. The Kier molecular flexibility index (Phi) is 6.34. The highest BCUT2D eigenvalue weighted by atomic mass is 35.5. The molecule has 1 unspecified atom stereocenters. The van der Waals surface area contributed by atoms with Crippen LogP contribution in [0.5, 0.6) is 5.75 Å². The van der Waals surface area contributed by atoms with E-state index in [-0.39, 0.29) is 0 Å². The number of hydrogen-bond acceptors (Lipinski definition) is 3. The van der Waals surface area contributed by atoms with Crippen LogP contribution in [0, 0.1) is 0 Å². The predicted molar refractivity (Wildman–Crippen MR) is 68.8 cm³/mol. The van der Waals surface area contributed by atoms with Gasteiger partial charge in [0.2, 0.25) is 0 Å². The van der Waals surface area contributed by atoms with Crippen molar-refractivity contribution < 1.29 is 14.6 Å². The zero-order chi connectivity index (χ0) is 12.7. The van der Waals surface area contributed by atoms with Crippen molar-refractivity contribution in [1.29, 1.82) is 0 Å². The molecule has 0 fully saturated rings. The van der Waals surface area contributed by atoms with Crippen LogP contribution >= 0.6 is 11.6 Å². The largest absolute Gasteiger partial charge is 0.496 e. The number of benzene rings is 1. The number of halogens is 1. The fourth-order valence-electron chi connectivity index (χ4n) is 1.58. The molecule has 0 heterocycles. The Morgan fingerprint density at radius 1 is 1.41 bits per heavy atom. The van der Waals surface area contributed by atoms with E-state index in [2.05, 4.69) is 0 Å². The molecule has 0 bridgehead atoms. The highest BCUT2D eigenvalue weighted by molar-refractivity contribution is 6.30. The molecule has 1 N–H and O–H groups in total. The van der Waals surface area contributed by atoms with Crippen molar-refractivity contribution in [2.75, 3.05) is 20.3 Å². The Bertz CT molecular complexity index is 341. The Hall–Kier alpha value is -0.770. The first-order valence-corrected chi connectivity index (χ1v) is 6.13. The molecule has 0 amide bonds. The van der Waals surface area contributed by atoms with Gasteiger partial charge in [-0.1, -0.05) is 18.5 Å². The van der Waals surface area contributed by atoms with Gasteiger partial charge in [0, 0.05) is 18.1 Å². The van der Waals surface area contributed by atoms with Crippen molar-refractivity contribution in [3.8, 4) is 5.75 Å². The zero-order valence-corrected chi connectivity index (χ0v) is 11.0. The molecule has 1 aromatic carbocycles. The van der Waals surface area contributed by atoms with E-state index in [9.17, 15) is 5.11 Å². The van der Waals surface area contributed by atoms with Gasteiger partial charge in [-0.2, -0.15) is 0 Å². The lowest BCUT2D eigenvalue weighted by molar-refractivity contribution is 0.0371. The average Bonchev–Trinajstić information content (AvgIpc) is 2.29. The molecular formula is C13H19ClO3.